The number of hydrogen-bond acceptors (Lipinski definition) is 8. The Morgan fingerprint density at radius 1 is 0.500 bits per heavy atom. The first-order valence-corrected chi connectivity index (χ1v) is 20.1. The molecule has 10 nitrogen and oxygen atoms in total. The molecule has 0 aromatic heterocycles. The minimum absolute atomic E-state index is 0.0285. The fraction of sp³-hybridized carbons (Fsp3) is 0.174. The van der Waals surface area contributed by atoms with Gasteiger partial charge in [0.05, 0.1) is 14.2 Å². The third-order valence-electron chi connectivity index (χ3n) is 10.8. The van der Waals surface area contributed by atoms with Crippen LogP contribution in [0.25, 0.3) is 21.5 Å². The number of carboxylic acids is 2. The van der Waals surface area contributed by atoms with E-state index in [4.69, 9.17) is 9.47 Å². The van der Waals surface area contributed by atoms with E-state index in [2.05, 4.69) is 45.2 Å². The Balaban J connectivity index is 1.76. The molecule has 0 radical (unpaired) electrons. The van der Waals surface area contributed by atoms with Crippen LogP contribution in [0, 0.1) is 18.0 Å². The molecule has 0 amide bonds. The van der Waals surface area contributed by atoms with Crippen LogP contribution in [-0.2, 0) is 28.7 Å². The lowest BCUT2D eigenvalue weighted by atomic mass is 9.48. The summed E-state index contributed by atoms with van der Waals surface area (Å²) in [6, 6.07) is 36.4. The number of carbonyl (C=O) groups is 6. The number of Topliss-reactive ketones (excluding diaryl/α,β-unsaturated/α-hetero) is 2. The van der Waals surface area contributed by atoms with Gasteiger partial charge in [-0.3, -0.25) is 28.8 Å². The first-order valence-electron chi connectivity index (χ1n) is 18.0. The van der Waals surface area contributed by atoms with Crippen molar-refractivity contribution in [1.82, 2.24) is 0 Å². The molecule has 0 bridgehead atoms. The zero-order valence-corrected chi connectivity index (χ0v) is 35.5. The second-order valence-corrected chi connectivity index (χ2v) is 16.3. The zero-order valence-electron chi connectivity index (χ0n) is 31.2. The Kier molecular flexibility index (Phi) is 12.8. The molecule has 294 valence electrons. The summed E-state index contributed by atoms with van der Waals surface area (Å²) in [4.78, 5) is 88.0. The van der Waals surface area contributed by atoms with E-state index in [1.807, 2.05) is 6.07 Å². The normalized spacial score (nSPS) is 12.7. The van der Waals surface area contributed by atoms with Gasteiger partial charge in [0.15, 0.2) is 22.4 Å². The molecule has 0 aliphatic heterocycles. The van der Waals surface area contributed by atoms with Crippen molar-refractivity contribution in [3.8, 4) is 0 Å². The van der Waals surface area contributed by atoms with Crippen molar-refractivity contribution in [2.24, 2.45) is 10.8 Å². The van der Waals surface area contributed by atoms with E-state index < -0.39 is 71.0 Å². The smallest absolute Gasteiger partial charge is 0.325 e. The Morgan fingerprint density at radius 2 is 0.845 bits per heavy atom. The second kappa shape index (κ2) is 17.6. The van der Waals surface area contributed by atoms with Gasteiger partial charge in [-0.05, 0) is 102 Å². The van der Waals surface area contributed by atoms with Crippen LogP contribution in [0.3, 0.4) is 0 Å². The molecule has 58 heavy (non-hydrogen) atoms. The number of ether oxygens (including phenoxy) is 2. The molecular weight excluding hydrogens is 966 g/mol. The molecule has 0 saturated heterocycles. The number of ketones is 2. The summed E-state index contributed by atoms with van der Waals surface area (Å²) in [6.45, 7) is 0. The molecule has 0 saturated carbocycles. The predicted molar refractivity (Wildman–Crippen MR) is 234 cm³/mol. The molecule has 6 aromatic rings. The van der Waals surface area contributed by atoms with Gasteiger partial charge in [-0.1, -0.05) is 109 Å². The molecule has 2 N–H and O–H groups in total. The van der Waals surface area contributed by atoms with Crippen LogP contribution in [-0.4, -0.2) is 59.9 Å². The number of halogens is 2. The molecule has 0 heterocycles. The fourth-order valence-electron chi connectivity index (χ4n) is 8.06. The van der Waals surface area contributed by atoms with Gasteiger partial charge < -0.3 is 19.7 Å². The molecule has 0 aliphatic carbocycles. The summed E-state index contributed by atoms with van der Waals surface area (Å²) in [5, 5.41) is 26.1. The fourth-order valence-corrected chi connectivity index (χ4v) is 8.78. The summed E-state index contributed by atoms with van der Waals surface area (Å²) in [7, 11) is 1.79. The number of aliphatic carboxylic acids is 2. The van der Waals surface area contributed by atoms with Crippen LogP contribution in [0.5, 0.6) is 0 Å². The largest absolute Gasteiger partial charge is 0.480 e. The quantitative estimate of drug-likeness (QED) is 0.0440. The minimum atomic E-state index is -3.57. The molecule has 6 rings (SSSR count). The molecule has 0 fully saturated rings. The lowest BCUT2D eigenvalue weighted by molar-refractivity contribution is -0.203. The van der Waals surface area contributed by atoms with E-state index in [1.54, 1.807) is 103 Å². The topological polar surface area (TPSA) is 161 Å². The van der Waals surface area contributed by atoms with Crippen LogP contribution in [0.15, 0.2) is 133 Å². The highest BCUT2D eigenvalue weighted by molar-refractivity contribution is 14.1. The molecule has 0 aliphatic rings. The van der Waals surface area contributed by atoms with Crippen LogP contribution < -0.4 is 0 Å². The molecule has 12 heteroatoms. The van der Waals surface area contributed by atoms with Gasteiger partial charge in [0.2, 0.25) is 0 Å². The van der Waals surface area contributed by atoms with Gasteiger partial charge in [0.1, 0.15) is 0 Å². The van der Waals surface area contributed by atoms with Crippen LogP contribution >= 0.6 is 45.2 Å². The zero-order chi connectivity index (χ0) is 41.8. The van der Waals surface area contributed by atoms with E-state index in [-0.39, 0.29) is 22.3 Å². The van der Waals surface area contributed by atoms with Crippen molar-refractivity contribution in [2.45, 2.75) is 24.7 Å². The maximum Gasteiger partial charge on any atom is 0.325 e. The number of carbonyl (C=O) groups excluding carboxylic acids is 4. The lowest BCUT2D eigenvalue weighted by Crippen LogP contribution is -2.67. The van der Waals surface area contributed by atoms with Crippen molar-refractivity contribution in [2.75, 3.05) is 14.2 Å². The standard InChI is InChI=1S/C46H36I2O10/c1-57-43(55)46(44(56)58-2,38(26-40(50)30-17-21-36(48)22-18-30)34-14-12-28-8-4-6-10-32(28)24-34)45(41(51)52,42(53)54)37(25-39(49)29-15-19-35(47)20-16-29)33-13-11-27-7-3-5-9-31(27)23-33/h3-24,37-38H,25-26H2,1-2H3,(H,51,52)(H,53,54). The maximum absolute atomic E-state index is 15.0. The first-order chi connectivity index (χ1) is 27.8. The van der Waals surface area contributed by atoms with E-state index in [9.17, 15) is 29.4 Å². The van der Waals surface area contributed by atoms with Crippen LogP contribution in [0.1, 0.15) is 56.5 Å². The van der Waals surface area contributed by atoms with Crippen molar-refractivity contribution in [3.63, 3.8) is 0 Å². The van der Waals surface area contributed by atoms with Crippen molar-refractivity contribution in [3.05, 3.63) is 163 Å². The van der Waals surface area contributed by atoms with Crippen molar-refractivity contribution < 1.29 is 48.5 Å². The third kappa shape index (κ3) is 7.62. The van der Waals surface area contributed by atoms with Gasteiger partial charge >= 0.3 is 23.9 Å². The first kappa shape index (κ1) is 42.1. The number of esters is 2. The lowest BCUT2D eigenvalue weighted by Gasteiger charge is -2.48. The number of methoxy groups -OCH3 is 2. The summed E-state index contributed by atoms with van der Waals surface area (Å²) >= 11 is 4.13. The third-order valence-corrected chi connectivity index (χ3v) is 12.3. The van der Waals surface area contributed by atoms with Gasteiger partial charge in [0, 0.05) is 42.9 Å². The maximum atomic E-state index is 15.0. The number of benzene rings is 6. The molecule has 2 unspecified atom stereocenters. The van der Waals surface area contributed by atoms with E-state index in [0.717, 1.165) is 32.1 Å². The van der Waals surface area contributed by atoms with Gasteiger partial charge in [0.25, 0.3) is 0 Å². The summed E-state index contributed by atoms with van der Waals surface area (Å²) in [5.41, 5.74) is -6.53. The molecular formula is C46H36I2O10. The second-order valence-electron chi connectivity index (χ2n) is 13.8. The van der Waals surface area contributed by atoms with Crippen molar-refractivity contribution >= 4 is 102 Å². The average molecular weight is 1000 g/mol. The van der Waals surface area contributed by atoms with E-state index in [1.165, 1.54) is 24.3 Å². The number of hydrogen-bond donors (Lipinski definition) is 2. The Morgan fingerprint density at radius 3 is 1.19 bits per heavy atom. The average Bonchev–Trinajstić information content (AvgIpc) is 3.23. The number of fused-ring (bicyclic) bond motifs is 2. The highest BCUT2D eigenvalue weighted by atomic mass is 127. The highest BCUT2D eigenvalue weighted by Gasteiger charge is 2.78. The monoisotopic (exact) mass is 1000 g/mol. The Labute approximate surface area is 360 Å². The van der Waals surface area contributed by atoms with Crippen LogP contribution in [0.4, 0.5) is 0 Å². The van der Waals surface area contributed by atoms with Crippen molar-refractivity contribution in [1.29, 1.82) is 0 Å². The minimum Gasteiger partial charge on any atom is -0.480 e. The van der Waals surface area contributed by atoms with E-state index in [0.29, 0.717) is 10.8 Å². The summed E-state index contributed by atoms with van der Waals surface area (Å²) < 4.78 is 12.3. The Hall–Kier alpha value is -5.48. The summed E-state index contributed by atoms with van der Waals surface area (Å²) in [6.07, 6.45) is -1.55. The predicted octanol–water partition coefficient (Wildman–Crippen LogP) is 9.10. The van der Waals surface area contributed by atoms with Gasteiger partial charge in [-0.25, -0.2) is 0 Å². The SMILES string of the molecule is COC(=O)C(C(=O)OC)(C(CC(=O)c1ccc(I)cc1)c1ccc2ccccc2c1)C(C(=O)O)(C(=O)O)C(CC(=O)c1ccc(I)cc1)c1ccc2ccccc2c1. The Bertz CT molecular complexity index is 2530. The van der Waals surface area contributed by atoms with Gasteiger partial charge in [-0.2, -0.15) is 0 Å². The van der Waals surface area contributed by atoms with E-state index >= 15 is 9.59 Å². The highest BCUT2D eigenvalue weighted by Crippen LogP contribution is 2.61. The molecule has 2 atom stereocenters. The number of rotatable bonds is 15. The molecule has 6 aromatic carbocycles. The molecule has 0 spiro atoms. The summed E-state index contributed by atoms with van der Waals surface area (Å²) in [5.74, 6) is -12.5. The number of carboxylic acid groups (broad SMARTS) is 2. The van der Waals surface area contributed by atoms with Gasteiger partial charge in [-0.15, -0.1) is 0 Å². The van der Waals surface area contributed by atoms with Crippen LogP contribution in [0.2, 0.25) is 0 Å².